The van der Waals surface area contributed by atoms with Gasteiger partial charge in [-0.25, -0.2) is 5.01 Å². The lowest BCUT2D eigenvalue weighted by atomic mass is 10.1. The highest BCUT2D eigenvalue weighted by molar-refractivity contribution is 7.12. The van der Waals surface area contributed by atoms with Crippen molar-refractivity contribution in [3.63, 3.8) is 0 Å². The summed E-state index contributed by atoms with van der Waals surface area (Å²) in [5.41, 5.74) is 0.977. The fourth-order valence-corrected chi connectivity index (χ4v) is 5.44. The Morgan fingerprint density at radius 2 is 1.94 bits per heavy atom. The molecule has 0 unspecified atom stereocenters. The standard InChI is InChI=1S/C23H23N3O3S2/c1-25(13-16-15-28-19-6-2-3-7-20(19)29-16)14-23(27)26-18(22-9-5-11-31-22)12-17(24-26)21-8-4-10-30-21/h2-11,16,18H,12-15H2,1H3/t16-,18+/m1/s1. The second-order valence-electron chi connectivity index (χ2n) is 7.69. The number of hydrogen-bond acceptors (Lipinski definition) is 7. The third-order valence-corrected chi connectivity index (χ3v) is 7.22. The van der Waals surface area contributed by atoms with Crippen molar-refractivity contribution in [3.8, 4) is 11.5 Å². The molecule has 6 nitrogen and oxygen atoms in total. The van der Waals surface area contributed by atoms with Crippen molar-refractivity contribution in [1.82, 2.24) is 9.91 Å². The average Bonchev–Trinajstić information content (AvgIpc) is 3.54. The SMILES string of the molecule is CN(CC(=O)N1N=C(c2cccs2)C[C@H]1c1cccs1)C[C@@H]1COc2ccccc2O1. The van der Waals surface area contributed by atoms with Crippen LogP contribution in [0.2, 0.25) is 0 Å². The fraction of sp³-hybridized carbons (Fsp3) is 0.304. The molecular weight excluding hydrogens is 430 g/mol. The zero-order valence-electron chi connectivity index (χ0n) is 17.1. The Labute approximate surface area is 189 Å². The summed E-state index contributed by atoms with van der Waals surface area (Å²) in [7, 11) is 1.93. The van der Waals surface area contributed by atoms with E-state index < -0.39 is 0 Å². The van der Waals surface area contributed by atoms with Gasteiger partial charge in [-0.05, 0) is 42.1 Å². The molecule has 2 aromatic heterocycles. The number of benzene rings is 1. The molecule has 0 spiro atoms. The summed E-state index contributed by atoms with van der Waals surface area (Å²) < 4.78 is 11.8. The van der Waals surface area contributed by atoms with Gasteiger partial charge in [-0.3, -0.25) is 9.69 Å². The molecule has 1 aromatic carbocycles. The van der Waals surface area contributed by atoms with E-state index in [1.165, 1.54) is 0 Å². The van der Waals surface area contributed by atoms with Crippen molar-refractivity contribution in [1.29, 1.82) is 0 Å². The lowest BCUT2D eigenvalue weighted by Gasteiger charge is -2.30. The molecule has 3 aromatic rings. The van der Waals surface area contributed by atoms with Gasteiger partial charge in [0.2, 0.25) is 0 Å². The summed E-state index contributed by atoms with van der Waals surface area (Å²) >= 11 is 3.33. The smallest absolute Gasteiger partial charge is 0.257 e. The molecule has 0 fully saturated rings. The number of thiophene rings is 2. The van der Waals surface area contributed by atoms with E-state index in [1.807, 2.05) is 59.1 Å². The van der Waals surface area contributed by atoms with Gasteiger partial charge in [0.25, 0.3) is 5.91 Å². The molecule has 0 N–H and O–H groups in total. The number of rotatable bonds is 6. The molecule has 2 aliphatic rings. The minimum Gasteiger partial charge on any atom is -0.486 e. The van der Waals surface area contributed by atoms with Crippen LogP contribution in [0.25, 0.3) is 0 Å². The Morgan fingerprint density at radius 1 is 1.13 bits per heavy atom. The first kappa shape index (κ1) is 20.2. The maximum atomic E-state index is 13.2. The zero-order valence-corrected chi connectivity index (χ0v) is 18.8. The monoisotopic (exact) mass is 453 g/mol. The van der Waals surface area contributed by atoms with Gasteiger partial charge >= 0.3 is 0 Å². The Hall–Kier alpha value is -2.68. The first-order chi connectivity index (χ1) is 15.2. The normalized spacial score (nSPS) is 20.2. The fourth-order valence-electron chi connectivity index (χ4n) is 3.90. The number of fused-ring (bicyclic) bond motifs is 1. The van der Waals surface area contributed by atoms with E-state index in [-0.39, 0.29) is 24.6 Å². The summed E-state index contributed by atoms with van der Waals surface area (Å²) in [6.07, 6.45) is 0.622. The van der Waals surface area contributed by atoms with Crippen LogP contribution in [0.15, 0.2) is 64.4 Å². The number of carbonyl (C=O) groups is 1. The van der Waals surface area contributed by atoms with Crippen LogP contribution in [0.3, 0.4) is 0 Å². The number of likely N-dealkylation sites (N-methyl/N-ethyl adjacent to an activating group) is 1. The van der Waals surface area contributed by atoms with Crippen LogP contribution in [0.5, 0.6) is 11.5 Å². The molecule has 0 radical (unpaired) electrons. The predicted molar refractivity (Wildman–Crippen MR) is 123 cm³/mol. The van der Waals surface area contributed by atoms with E-state index >= 15 is 0 Å². The van der Waals surface area contributed by atoms with Gasteiger partial charge in [-0.1, -0.05) is 24.3 Å². The molecule has 0 aliphatic carbocycles. The zero-order chi connectivity index (χ0) is 21.2. The van der Waals surface area contributed by atoms with E-state index in [1.54, 1.807) is 27.7 Å². The van der Waals surface area contributed by atoms with Crippen LogP contribution in [-0.2, 0) is 4.79 Å². The second-order valence-corrected chi connectivity index (χ2v) is 9.62. The van der Waals surface area contributed by atoms with Gasteiger partial charge in [0.15, 0.2) is 11.5 Å². The van der Waals surface area contributed by atoms with E-state index in [2.05, 4.69) is 12.1 Å². The molecule has 5 rings (SSSR count). The largest absolute Gasteiger partial charge is 0.486 e. The molecule has 160 valence electrons. The maximum Gasteiger partial charge on any atom is 0.257 e. The third kappa shape index (κ3) is 4.37. The van der Waals surface area contributed by atoms with Crippen LogP contribution < -0.4 is 9.47 Å². The Bertz CT molecular complexity index is 1070. The molecule has 2 atom stereocenters. The van der Waals surface area contributed by atoms with Crippen molar-refractivity contribution < 1.29 is 14.3 Å². The number of nitrogens with zero attached hydrogens (tertiary/aromatic N) is 3. The van der Waals surface area contributed by atoms with E-state index in [9.17, 15) is 4.79 Å². The maximum absolute atomic E-state index is 13.2. The minimum atomic E-state index is -0.121. The molecule has 0 bridgehead atoms. The van der Waals surface area contributed by atoms with Crippen molar-refractivity contribution in [3.05, 3.63) is 69.0 Å². The third-order valence-electron chi connectivity index (χ3n) is 5.33. The Kier molecular flexibility index (Phi) is 5.76. The van der Waals surface area contributed by atoms with Crippen LogP contribution in [-0.4, -0.2) is 54.4 Å². The van der Waals surface area contributed by atoms with Gasteiger partial charge in [0.1, 0.15) is 12.7 Å². The van der Waals surface area contributed by atoms with Crippen LogP contribution >= 0.6 is 22.7 Å². The molecule has 1 amide bonds. The van der Waals surface area contributed by atoms with E-state index in [0.29, 0.717) is 13.2 Å². The average molecular weight is 454 g/mol. The van der Waals surface area contributed by atoms with Gasteiger partial charge in [-0.15, -0.1) is 22.7 Å². The molecular formula is C23H23N3O3S2. The molecule has 0 saturated heterocycles. The van der Waals surface area contributed by atoms with Crippen LogP contribution in [0.1, 0.15) is 22.2 Å². The van der Waals surface area contributed by atoms with Gasteiger partial charge in [-0.2, -0.15) is 5.10 Å². The van der Waals surface area contributed by atoms with Crippen molar-refractivity contribution >= 4 is 34.3 Å². The quantitative estimate of drug-likeness (QED) is 0.560. The highest BCUT2D eigenvalue weighted by atomic mass is 32.1. The van der Waals surface area contributed by atoms with E-state index in [4.69, 9.17) is 14.6 Å². The summed E-state index contributed by atoms with van der Waals surface area (Å²) in [5.74, 6) is 1.51. The highest BCUT2D eigenvalue weighted by Gasteiger charge is 2.34. The Morgan fingerprint density at radius 3 is 2.71 bits per heavy atom. The van der Waals surface area contributed by atoms with Gasteiger partial charge in [0, 0.05) is 17.8 Å². The summed E-state index contributed by atoms with van der Waals surface area (Å²) in [5, 5.41) is 10.5. The lowest BCUT2D eigenvalue weighted by molar-refractivity contribution is -0.134. The molecule has 31 heavy (non-hydrogen) atoms. The van der Waals surface area contributed by atoms with Crippen LogP contribution in [0, 0.1) is 0 Å². The summed E-state index contributed by atoms with van der Waals surface area (Å²) in [4.78, 5) is 17.5. The topological polar surface area (TPSA) is 54.4 Å². The Balaban J connectivity index is 1.26. The number of amides is 1. The second kappa shape index (κ2) is 8.82. The number of hydrogen-bond donors (Lipinski definition) is 0. The van der Waals surface area contributed by atoms with Crippen LogP contribution in [0.4, 0.5) is 0 Å². The number of hydrazone groups is 1. The minimum absolute atomic E-state index is 0.00964. The highest BCUT2D eigenvalue weighted by Crippen LogP contribution is 2.36. The van der Waals surface area contributed by atoms with Crippen molar-refractivity contribution in [2.45, 2.75) is 18.6 Å². The summed E-state index contributed by atoms with van der Waals surface area (Å²) in [6.45, 7) is 1.33. The van der Waals surface area contributed by atoms with Gasteiger partial charge in [0.05, 0.1) is 23.2 Å². The first-order valence-electron chi connectivity index (χ1n) is 10.2. The number of para-hydroxylation sites is 2. The summed E-state index contributed by atoms with van der Waals surface area (Å²) in [6, 6.07) is 15.8. The molecule has 0 saturated carbocycles. The lowest BCUT2D eigenvalue weighted by Crippen LogP contribution is -2.43. The van der Waals surface area contributed by atoms with Gasteiger partial charge < -0.3 is 9.47 Å². The molecule has 2 aliphatic heterocycles. The first-order valence-corrected chi connectivity index (χ1v) is 12.0. The van der Waals surface area contributed by atoms with Crippen molar-refractivity contribution in [2.75, 3.05) is 26.7 Å². The number of carbonyl (C=O) groups excluding carboxylic acids is 1. The molecule has 8 heteroatoms. The number of ether oxygens (including phenoxy) is 2. The molecule has 4 heterocycles. The van der Waals surface area contributed by atoms with E-state index in [0.717, 1.165) is 33.4 Å². The predicted octanol–water partition coefficient (Wildman–Crippen LogP) is 4.26. The van der Waals surface area contributed by atoms with Crippen molar-refractivity contribution in [2.24, 2.45) is 5.10 Å².